The minimum Gasteiger partial charge on any atom is -0.495 e. The molecule has 0 aliphatic carbocycles. The molecule has 0 unspecified atom stereocenters. The van der Waals surface area contributed by atoms with Crippen LogP contribution in [0.25, 0.3) is 0 Å². The summed E-state index contributed by atoms with van der Waals surface area (Å²) in [7, 11) is 4.84. The average molecular weight is 261 g/mol. The lowest BCUT2D eigenvalue weighted by Crippen LogP contribution is -2.24. The summed E-state index contributed by atoms with van der Waals surface area (Å²) in [6.07, 6.45) is 0. The van der Waals surface area contributed by atoms with Crippen molar-refractivity contribution < 1.29 is 9.47 Å². The van der Waals surface area contributed by atoms with Crippen LogP contribution in [0.1, 0.15) is 0 Å². The predicted octanol–water partition coefficient (Wildman–Crippen LogP) is 2.27. The number of ether oxygens (including phenoxy) is 2. The summed E-state index contributed by atoms with van der Waals surface area (Å²) >= 11 is 11.0. The van der Waals surface area contributed by atoms with E-state index in [9.17, 15) is 0 Å². The topological polar surface area (TPSA) is 42.5 Å². The Labute approximate surface area is 105 Å². The third kappa shape index (κ3) is 2.90. The first kappa shape index (κ1) is 12.9. The number of benzene rings is 1. The molecule has 1 rings (SSSR count). The van der Waals surface area contributed by atoms with Crippen LogP contribution in [0.3, 0.4) is 0 Å². The van der Waals surface area contributed by atoms with Gasteiger partial charge in [-0.2, -0.15) is 0 Å². The van der Waals surface area contributed by atoms with E-state index in [2.05, 4.69) is 10.6 Å². The zero-order chi connectivity index (χ0) is 12.1. The first-order valence-electron chi connectivity index (χ1n) is 4.52. The van der Waals surface area contributed by atoms with Crippen LogP contribution < -0.4 is 20.1 Å². The van der Waals surface area contributed by atoms with Crippen molar-refractivity contribution in [2.75, 3.05) is 26.6 Å². The molecule has 0 amide bonds. The van der Waals surface area contributed by atoms with E-state index in [-0.39, 0.29) is 0 Å². The van der Waals surface area contributed by atoms with Gasteiger partial charge in [-0.15, -0.1) is 0 Å². The Hall–Kier alpha value is -1.20. The van der Waals surface area contributed by atoms with Crippen LogP contribution in [-0.4, -0.2) is 26.4 Å². The summed E-state index contributed by atoms with van der Waals surface area (Å²) in [4.78, 5) is 0. The SMILES string of the molecule is CNC(=S)Nc1cc(OC)c(Cl)cc1OC. The first-order chi connectivity index (χ1) is 7.62. The molecular weight excluding hydrogens is 248 g/mol. The monoisotopic (exact) mass is 260 g/mol. The number of rotatable bonds is 3. The Morgan fingerprint density at radius 2 is 1.88 bits per heavy atom. The number of hydrogen-bond donors (Lipinski definition) is 2. The second kappa shape index (κ2) is 5.77. The number of hydrogen-bond acceptors (Lipinski definition) is 3. The largest absolute Gasteiger partial charge is 0.495 e. The number of methoxy groups -OCH3 is 2. The minimum atomic E-state index is 0.486. The highest BCUT2D eigenvalue weighted by Gasteiger charge is 2.10. The predicted molar refractivity (Wildman–Crippen MR) is 69.8 cm³/mol. The molecule has 0 atom stereocenters. The fourth-order valence-electron chi connectivity index (χ4n) is 1.14. The minimum absolute atomic E-state index is 0.486. The van der Waals surface area contributed by atoms with Gasteiger partial charge >= 0.3 is 0 Å². The van der Waals surface area contributed by atoms with Crippen molar-refractivity contribution in [3.8, 4) is 11.5 Å². The number of nitrogens with one attached hydrogen (secondary N) is 2. The van der Waals surface area contributed by atoms with Gasteiger partial charge in [-0.25, -0.2) is 0 Å². The maximum atomic E-state index is 5.97. The quantitative estimate of drug-likeness (QED) is 0.817. The third-order valence-corrected chi connectivity index (χ3v) is 2.55. The highest BCUT2D eigenvalue weighted by molar-refractivity contribution is 7.80. The van der Waals surface area contributed by atoms with Gasteiger partial charge in [-0.05, 0) is 12.2 Å². The van der Waals surface area contributed by atoms with Crippen LogP contribution in [0.15, 0.2) is 12.1 Å². The van der Waals surface area contributed by atoms with Gasteiger partial charge < -0.3 is 20.1 Å². The molecule has 16 heavy (non-hydrogen) atoms. The van der Waals surface area contributed by atoms with Gasteiger partial charge in [0.2, 0.25) is 0 Å². The van der Waals surface area contributed by atoms with Crippen molar-refractivity contribution in [3.05, 3.63) is 17.2 Å². The van der Waals surface area contributed by atoms with Gasteiger partial charge in [-0.3, -0.25) is 0 Å². The van der Waals surface area contributed by atoms with E-state index in [0.29, 0.717) is 27.3 Å². The van der Waals surface area contributed by atoms with Gasteiger partial charge in [0.15, 0.2) is 5.11 Å². The molecule has 0 saturated heterocycles. The van der Waals surface area contributed by atoms with Crippen molar-refractivity contribution in [2.45, 2.75) is 0 Å². The zero-order valence-electron chi connectivity index (χ0n) is 9.26. The molecule has 88 valence electrons. The molecule has 6 heteroatoms. The number of halogens is 1. The van der Waals surface area contributed by atoms with E-state index in [0.717, 1.165) is 0 Å². The summed E-state index contributed by atoms with van der Waals surface area (Å²) in [5.41, 5.74) is 0.697. The van der Waals surface area contributed by atoms with Gasteiger partial charge in [0, 0.05) is 19.2 Å². The van der Waals surface area contributed by atoms with Gasteiger partial charge in [0.05, 0.1) is 24.9 Å². The molecule has 0 aromatic heterocycles. The van der Waals surface area contributed by atoms with Crippen LogP contribution in [0, 0.1) is 0 Å². The molecular formula is C10H13ClN2O2S. The first-order valence-corrected chi connectivity index (χ1v) is 5.31. The molecule has 0 bridgehead atoms. The molecule has 0 radical (unpaired) electrons. The molecule has 0 saturated carbocycles. The molecule has 1 aromatic rings. The lowest BCUT2D eigenvalue weighted by molar-refractivity contribution is 0.405. The standard InChI is InChI=1S/C10H13ClN2O2S/c1-12-10(16)13-7-5-8(14-2)6(11)4-9(7)15-3/h4-5H,1-3H3,(H2,12,13,16). The Morgan fingerprint density at radius 1 is 1.25 bits per heavy atom. The summed E-state index contributed by atoms with van der Waals surface area (Å²) in [6.45, 7) is 0. The highest BCUT2D eigenvalue weighted by atomic mass is 35.5. The molecule has 2 N–H and O–H groups in total. The highest BCUT2D eigenvalue weighted by Crippen LogP contribution is 2.35. The summed E-state index contributed by atoms with van der Waals surface area (Å²) in [5.74, 6) is 1.16. The van der Waals surface area contributed by atoms with Crippen molar-refractivity contribution in [2.24, 2.45) is 0 Å². The molecule has 0 fully saturated rings. The Kier molecular flexibility index (Phi) is 4.64. The van der Waals surface area contributed by atoms with E-state index in [4.69, 9.17) is 33.3 Å². The lowest BCUT2D eigenvalue weighted by atomic mass is 10.2. The van der Waals surface area contributed by atoms with E-state index >= 15 is 0 Å². The second-order valence-electron chi connectivity index (χ2n) is 2.89. The van der Waals surface area contributed by atoms with Gasteiger partial charge in [0.1, 0.15) is 11.5 Å². The van der Waals surface area contributed by atoms with Crippen LogP contribution in [-0.2, 0) is 0 Å². The lowest BCUT2D eigenvalue weighted by Gasteiger charge is -2.14. The van der Waals surface area contributed by atoms with Crippen LogP contribution in [0.4, 0.5) is 5.69 Å². The zero-order valence-corrected chi connectivity index (χ0v) is 10.8. The Morgan fingerprint density at radius 3 is 2.38 bits per heavy atom. The fraction of sp³-hybridized carbons (Fsp3) is 0.300. The van der Waals surface area contributed by atoms with Crippen molar-refractivity contribution >= 4 is 34.6 Å². The molecule has 1 aromatic carbocycles. The van der Waals surface area contributed by atoms with E-state index in [1.165, 1.54) is 0 Å². The van der Waals surface area contributed by atoms with Gasteiger partial charge in [0.25, 0.3) is 0 Å². The Bertz CT molecular complexity index is 399. The summed E-state index contributed by atoms with van der Waals surface area (Å²) in [5, 5.41) is 6.75. The normalized spacial score (nSPS) is 9.50. The molecule has 0 aliphatic rings. The molecule has 0 aliphatic heterocycles. The van der Waals surface area contributed by atoms with Crippen LogP contribution in [0.2, 0.25) is 5.02 Å². The maximum absolute atomic E-state index is 5.97. The molecule has 4 nitrogen and oxygen atoms in total. The summed E-state index contributed by atoms with van der Waals surface area (Å²) < 4.78 is 10.3. The molecule has 0 heterocycles. The van der Waals surface area contributed by atoms with E-state index in [1.54, 1.807) is 33.4 Å². The van der Waals surface area contributed by atoms with Crippen LogP contribution >= 0.6 is 23.8 Å². The Balaban J connectivity index is 3.09. The third-order valence-electron chi connectivity index (χ3n) is 1.95. The van der Waals surface area contributed by atoms with Crippen LogP contribution in [0.5, 0.6) is 11.5 Å². The van der Waals surface area contributed by atoms with E-state index in [1.807, 2.05) is 0 Å². The average Bonchev–Trinajstić information content (AvgIpc) is 2.30. The number of thiocarbonyl (C=S) groups is 1. The van der Waals surface area contributed by atoms with Crippen molar-refractivity contribution in [1.82, 2.24) is 5.32 Å². The van der Waals surface area contributed by atoms with E-state index < -0.39 is 0 Å². The fourth-order valence-corrected chi connectivity index (χ4v) is 1.48. The molecule has 0 spiro atoms. The second-order valence-corrected chi connectivity index (χ2v) is 3.71. The number of anilines is 1. The van der Waals surface area contributed by atoms with Gasteiger partial charge in [-0.1, -0.05) is 11.6 Å². The summed E-state index contributed by atoms with van der Waals surface area (Å²) in [6, 6.07) is 3.39. The van der Waals surface area contributed by atoms with Crippen molar-refractivity contribution in [1.29, 1.82) is 0 Å². The van der Waals surface area contributed by atoms with Crippen molar-refractivity contribution in [3.63, 3.8) is 0 Å². The smallest absolute Gasteiger partial charge is 0.170 e. The maximum Gasteiger partial charge on any atom is 0.170 e.